The maximum Gasteiger partial charge on any atom is 0.150 e. The molecule has 1 unspecified atom stereocenters. The van der Waals surface area contributed by atoms with Crippen LogP contribution >= 0.6 is 0 Å². The summed E-state index contributed by atoms with van der Waals surface area (Å²) in [7, 11) is 0. The minimum atomic E-state index is 0.0100. The normalized spacial score (nSPS) is 16.5. The summed E-state index contributed by atoms with van der Waals surface area (Å²) in [5.74, 6) is 2.48. The molecule has 2 aromatic heterocycles. The first-order chi connectivity index (χ1) is 14.4. The highest BCUT2D eigenvalue weighted by Crippen LogP contribution is 2.37. The molecule has 142 valence electrons. The van der Waals surface area contributed by atoms with Crippen LogP contribution in [0.3, 0.4) is 0 Å². The van der Waals surface area contributed by atoms with E-state index in [9.17, 15) is 0 Å². The van der Waals surface area contributed by atoms with Gasteiger partial charge in [-0.2, -0.15) is 5.10 Å². The van der Waals surface area contributed by atoms with Crippen LogP contribution in [0.15, 0.2) is 105 Å². The fourth-order valence-electron chi connectivity index (χ4n) is 3.52. The van der Waals surface area contributed by atoms with Crippen molar-refractivity contribution >= 4 is 23.6 Å². The molecule has 0 amide bonds. The second kappa shape index (κ2) is 7.68. The van der Waals surface area contributed by atoms with Crippen molar-refractivity contribution in [2.75, 3.05) is 5.01 Å². The summed E-state index contributed by atoms with van der Waals surface area (Å²) in [6.07, 6.45) is 6.45. The molecule has 4 aromatic rings. The Labute approximate surface area is 169 Å². The summed E-state index contributed by atoms with van der Waals surface area (Å²) in [4.78, 5) is 0. The molecule has 1 atom stereocenters. The van der Waals surface area contributed by atoms with Gasteiger partial charge in [-0.15, -0.1) is 0 Å². The third-order valence-electron chi connectivity index (χ3n) is 4.95. The number of hydrazone groups is 1. The van der Waals surface area contributed by atoms with Crippen LogP contribution in [0.1, 0.15) is 35.3 Å². The van der Waals surface area contributed by atoms with E-state index >= 15 is 0 Å². The first-order valence-electron chi connectivity index (χ1n) is 9.65. The summed E-state index contributed by atoms with van der Waals surface area (Å²) >= 11 is 0. The molecule has 4 nitrogen and oxygen atoms in total. The second-order valence-corrected chi connectivity index (χ2v) is 6.91. The lowest BCUT2D eigenvalue weighted by atomic mass is 10.1. The zero-order valence-corrected chi connectivity index (χ0v) is 15.8. The molecule has 0 aliphatic carbocycles. The first-order valence-corrected chi connectivity index (χ1v) is 9.65. The molecule has 0 radical (unpaired) electrons. The minimum absolute atomic E-state index is 0.0100. The van der Waals surface area contributed by atoms with Crippen LogP contribution in [0.4, 0.5) is 5.69 Å². The van der Waals surface area contributed by atoms with E-state index in [0.29, 0.717) is 0 Å². The van der Waals surface area contributed by atoms with Crippen LogP contribution in [-0.2, 0) is 0 Å². The molecule has 29 heavy (non-hydrogen) atoms. The highest BCUT2D eigenvalue weighted by Gasteiger charge is 2.32. The van der Waals surface area contributed by atoms with Gasteiger partial charge in [0.05, 0.1) is 12.0 Å². The van der Waals surface area contributed by atoms with Gasteiger partial charge in [0.15, 0.2) is 5.76 Å². The predicted molar refractivity (Wildman–Crippen MR) is 116 cm³/mol. The van der Waals surface area contributed by atoms with E-state index in [2.05, 4.69) is 24.3 Å². The molecule has 0 bridgehead atoms. The van der Waals surface area contributed by atoms with Gasteiger partial charge in [0.1, 0.15) is 23.3 Å². The van der Waals surface area contributed by atoms with E-state index in [4.69, 9.17) is 13.9 Å². The number of rotatable bonds is 5. The lowest BCUT2D eigenvalue weighted by Crippen LogP contribution is -2.17. The molecule has 0 N–H and O–H groups in total. The predicted octanol–water partition coefficient (Wildman–Crippen LogP) is 6.40. The Morgan fingerprint density at radius 1 is 0.828 bits per heavy atom. The second-order valence-electron chi connectivity index (χ2n) is 6.91. The van der Waals surface area contributed by atoms with E-state index < -0.39 is 0 Å². The van der Waals surface area contributed by atoms with Gasteiger partial charge in [-0.1, -0.05) is 54.6 Å². The van der Waals surface area contributed by atoms with Crippen molar-refractivity contribution in [1.29, 1.82) is 0 Å². The van der Waals surface area contributed by atoms with Crippen molar-refractivity contribution in [3.63, 3.8) is 0 Å². The fourth-order valence-corrected chi connectivity index (χ4v) is 3.52. The lowest BCUT2D eigenvalue weighted by molar-refractivity contribution is 0.464. The van der Waals surface area contributed by atoms with E-state index in [1.54, 1.807) is 6.26 Å². The summed E-state index contributed by atoms with van der Waals surface area (Å²) in [6, 6.07) is 28.2. The number of nitrogens with zero attached hydrogens (tertiary/aromatic N) is 2. The third kappa shape index (κ3) is 3.65. The van der Waals surface area contributed by atoms with Crippen LogP contribution in [0.5, 0.6) is 0 Å². The first kappa shape index (κ1) is 17.3. The van der Waals surface area contributed by atoms with Gasteiger partial charge < -0.3 is 8.83 Å². The number of para-hydroxylation sites is 1. The maximum absolute atomic E-state index is 6.06. The fraction of sp³-hybridized carbons (Fsp3) is 0.0800. The minimum Gasteiger partial charge on any atom is -0.467 e. The Bertz CT molecular complexity index is 1130. The molecule has 0 fully saturated rings. The Morgan fingerprint density at radius 3 is 2.38 bits per heavy atom. The Balaban J connectivity index is 1.42. The average Bonchev–Trinajstić information content (AvgIpc) is 3.54. The standard InChI is InChI=1S/C25H20N2O2/c1-3-8-19(9-4-1)13-14-21-15-16-24(29-21)22-18-23(25-12-7-17-28-25)27(26-22)20-10-5-2-6-11-20/h1-17,23H,18H2/b14-13+. The number of benzene rings is 2. The molecule has 1 aliphatic heterocycles. The average molecular weight is 380 g/mol. The topological polar surface area (TPSA) is 41.9 Å². The van der Waals surface area contributed by atoms with E-state index in [0.717, 1.165) is 40.7 Å². The third-order valence-corrected chi connectivity index (χ3v) is 4.95. The summed E-state index contributed by atoms with van der Waals surface area (Å²) in [5.41, 5.74) is 3.08. The quantitative estimate of drug-likeness (QED) is 0.402. The summed E-state index contributed by atoms with van der Waals surface area (Å²) in [6.45, 7) is 0. The van der Waals surface area contributed by atoms with E-state index in [-0.39, 0.29) is 6.04 Å². The molecular weight excluding hydrogens is 360 g/mol. The lowest BCUT2D eigenvalue weighted by Gasteiger charge is -2.21. The van der Waals surface area contributed by atoms with Gasteiger partial charge in [0.25, 0.3) is 0 Å². The highest BCUT2D eigenvalue weighted by molar-refractivity contribution is 6.01. The van der Waals surface area contributed by atoms with Gasteiger partial charge in [-0.3, -0.25) is 5.01 Å². The molecule has 1 aliphatic rings. The summed E-state index contributed by atoms with van der Waals surface area (Å²) < 4.78 is 11.8. The van der Waals surface area contributed by atoms with Crippen molar-refractivity contribution in [3.05, 3.63) is 114 Å². The van der Waals surface area contributed by atoms with Gasteiger partial charge in [0.2, 0.25) is 0 Å². The van der Waals surface area contributed by atoms with Crippen LogP contribution in [0.2, 0.25) is 0 Å². The SMILES string of the molecule is C(=C\c1ccc(C2=NN(c3ccccc3)C(c3ccco3)C2)o1)/c1ccccc1. The highest BCUT2D eigenvalue weighted by atomic mass is 16.3. The van der Waals surface area contributed by atoms with Crippen molar-refractivity contribution < 1.29 is 8.83 Å². The van der Waals surface area contributed by atoms with Gasteiger partial charge >= 0.3 is 0 Å². The van der Waals surface area contributed by atoms with E-state index in [1.807, 2.05) is 77.8 Å². The number of furan rings is 2. The maximum atomic E-state index is 6.06. The molecule has 5 rings (SSSR count). The largest absolute Gasteiger partial charge is 0.467 e. The molecule has 0 saturated carbocycles. The monoisotopic (exact) mass is 380 g/mol. The number of anilines is 1. The molecule has 0 saturated heterocycles. The smallest absolute Gasteiger partial charge is 0.150 e. The summed E-state index contributed by atoms with van der Waals surface area (Å²) in [5, 5.41) is 6.88. The number of hydrogen-bond donors (Lipinski definition) is 0. The zero-order chi connectivity index (χ0) is 19.5. The molecular formula is C25H20N2O2. The molecule has 3 heterocycles. The van der Waals surface area contributed by atoms with Crippen molar-refractivity contribution in [3.8, 4) is 0 Å². The molecule has 4 heteroatoms. The Kier molecular flexibility index (Phi) is 4.59. The molecule has 0 spiro atoms. The van der Waals surface area contributed by atoms with Crippen molar-refractivity contribution in [2.45, 2.75) is 12.5 Å². The number of hydrogen-bond acceptors (Lipinski definition) is 4. The van der Waals surface area contributed by atoms with Crippen molar-refractivity contribution in [2.24, 2.45) is 5.10 Å². The van der Waals surface area contributed by atoms with E-state index in [1.165, 1.54) is 0 Å². The Morgan fingerprint density at radius 2 is 1.62 bits per heavy atom. The Hall–Kier alpha value is -3.79. The van der Waals surface area contributed by atoms with Gasteiger partial charge in [0, 0.05) is 6.42 Å². The van der Waals surface area contributed by atoms with Gasteiger partial charge in [-0.05, 0) is 48.0 Å². The van der Waals surface area contributed by atoms with Gasteiger partial charge in [-0.25, -0.2) is 0 Å². The van der Waals surface area contributed by atoms with Crippen LogP contribution in [0.25, 0.3) is 12.2 Å². The van der Waals surface area contributed by atoms with Crippen LogP contribution < -0.4 is 5.01 Å². The van der Waals surface area contributed by atoms with Crippen LogP contribution in [-0.4, -0.2) is 5.71 Å². The zero-order valence-electron chi connectivity index (χ0n) is 15.8. The van der Waals surface area contributed by atoms with Crippen LogP contribution in [0, 0.1) is 0 Å². The molecule has 2 aromatic carbocycles. The van der Waals surface area contributed by atoms with Crippen molar-refractivity contribution in [1.82, 2.24) is 0 Å².